The van der Waals surface area contributed by atoms with Gasteiger partial charge in [0.15, 0.2) is 0 Å². The summed E-state index contributed by atoms with van der Waals surface area (Å²) in [5.74, 6) is -0.101. The second-order valence-corrected chi connectivity index (χ2v) is 7.23. The predicted molar refractivity (Wildman–Crippen MR) is 127 cm³/mol. The second-order valence-electron chi connectivity index (χ2n) is 7.23. The zero-order valence-electron chi connectivity index (χ0n) is 17.9. The maximum Gasteiger partial charge on any atom is 0.255 e. The number of carbonyl (C=O) groups excluding carboxylic acids is 1. The van der Waals surface area contributed by atoms with Crippen molar-refractivity contribution in [3.05, 3.63) is 108 Å². The summed E-state index contributed by atoms with van der Waals surface area (Å²) in [4.78, 5) is 14.8. The molecule has 1 aliphatic heterocycles. The number of anilines is 1. The molecule has 1 aliphatic rings. The van der Waals surface area contributed by atoms with Gasteiger partial charge in [-0.05, 0) is 52.9 Å². The summed E-state index contributed by atoms with van der Waals surface area (Å²) in [6, 6.07) is 25.9. The average molecular weight is 399 g/mol. The number of fused-ring (bicyclic) bond motifs is 1. The van der Waals surface area contributed by atoms with Crippen molar-refractivity contribution in [2.45, 2.75) is 26.8 Å². The molecule has 154 valence electrons. The lowest BCUT2D eigenvalue weighted by Gasteiger charge is -2.29. The van der Waals surface area contributed by atoms with Crippen LogP contribution in [0.15, 0.2) is 85.4 Å². The van der Waals surface area contributed by atoms with Crippen LogP contribution in [0.25, 0.3) is 5.57 Å². The molecule has 0 aliphatic carbocycles. The Kier molecular flexibility index (Phi) is 7.58. The molecule has 4 rings (SSSR count). The molecule has 0 fully saturated rings. The third-order valence-electron chi connectivity index (χ3n) is 5.21. The second kappa shape index (κ2) is 10.6. The fraction of sp³-hybridized carbons (Fsp3) is 0.222. The number of nitrogens with one attached hydrogen (secondary N) is 1. The zero-order valence-corrected chi connectivity index (χ0v) is 17.9. The van der Waals surface area contributed by atoms with E-state index in [1.807, 2.05) is 68.4 Å². The third-order valence-corrected chi connectivity index (χ3v) is 5.21. The van der Waals surface area contributed by atoms with Crippen LogP contribution in [0.4, 0.5) is 5.69 Å². The number of carbonyl (C=O) groups is 1. The monoisotopic (exact) mass is 398 g/mol. The molecule has 0 aromatic heterocycles. The molecule has 3 nitrogen and oxygen atoms in total. The summed E-state index contributed by atoms with van der Waals surface area (Å²) in [7, 11) is 0. The molecule has 0 radical (unpaired) electrons. The van der Waals surface area contributed by atoms with Gasteiger partial charge in [0.1, 0.15) is 0 Å². The van der Waals surface area contributed by atoms with Crippen LogP contribution in [-0.4, -0.2) is 23.9 Å². The Labute approximate surface area is 180 Å². The molecule has 3 heteroatoms. The summed E-state index contributed by atoms with van der Waals surface area (Å²) >= 11 is 0. The molecule has 0 bridgehead atoms. The molecular formula is C27H30N2O. The van der Waals surface area contributed by atoms with Gasteiger partial charge < -0.3 is 5.32 Å². The van der Waals surface area contributed by atoms with E-state index in [-0.39, 0.29) is 5.91 Å². The molecule has 1 N–H and O–H groups in total. The fourth-order valence-corrected chi connectivity index (χ4v) is 3.63. The number of rotatable bonds is 5. The fourth-order valence-electron chi connectivity index (χ4n) is 3.63. The van der Waals surface area contributed by atoms with Crippen molar-refractivity contribution in [3.8, 4) is 0 Å². The summed E-state index contributed by atoms with van der Waals surface area (Å²) in [5.41, 5.74) is 6.47. The van der Waals surface area contributed by atoms with Gasteiger partial charge in [-0.25, -0.2) is 0 Å². The highest BCUT2D eigenvalue weighted by atomic mass is 16.1. The Balaban J connectivity index is 0.00000124. The first-order valence-electron chi connectivity index (χ1n) is 10.6. The van der Waals surface area contributed by atoms with Crippen LogP contribution in [0.3, 0.4) is 0 Å². The Morgan fingerprint density at radius 2 is 1.47 bits per heavy atom. The molecule has 0 unspecified atom stereocenters. The summed E-state index contributed by atoms with van der Waals surface area (Å²) in [6.07, 6.45) is 1.09. The van der Waals surface area contributed by atoms with E-state index in [4.69, 9.17) is 0 Å². The standard InChI is InChI=1S/C25H24N2O.C2H6/c1-19(17-27-16-15-21-7-5-6-8-23(21)18-27)20-11-13-22(14-12-20)25(28)26-24-9-3-2-4-10-24;1-2/h2-14H,1,15-18H2,(H,26,28);1-2H3. The smallest absolute Gasteiger partial charge is 0.255 e. The van der Waals surface area contributed by atoms with Crippen molar-refractivity contribution in [1.29, 1.82) is 0 Å². The quantitative estimate of drug-likeness (QED) is 0.568. The van der Waals surface area contributed by atoms with E-state index < -0.39 is 0 Å². The first-order valence-corrected chi connectivity index (χ1v) is 10.6. The molecule has 3 aromatic carbocycles. The van der Waals surface area contributed by atoms with Gasteiger partial charge in [-0.2, -0.15) is 0 Å². The molecule has 1 amide bonds. The van der Waals surface area contributed by atoms with Gasteiger partial charge in [-0.15, -0.1) is 0 Å². The van der Waals surface area contributed by atoms with E-state index in [0.717, 1.165) is 42.9 Å². The van der Waals surface area contributed by atoms with Crippen molar-refractivity contribution >= 4 is 17.2 Å². The Hall–Kier alpha value is -3.17. The molecule has 0 saturated carbocycles. The van der Waals surface area contributed by atoms with Crippen molar-refractivity contribution in [2.75, 3.05) is 18.4 Å². The van der Waals surface area contributed by atoms with Gasteiger partial charge in [0.2, 0.25) is 0 Å². The van der Waals surface area contributed by atoms with Crippen molar-refractivity contribution in [2.24, 2.45) is 0 Å². The van der Waals surface area contributed by atoms with Crippen molar-refractivity contribution in [3.63, 3.8) is 0 Å². The van der Waals surface area contributed by atoms with Gasteiger partial charge in [0, 0.05) is 30.9 Å². The van der Waals surface area contributed by atoms with Crippen LogP contribution in [0.2, 0.25) is 0 Å². The van der Waals surface area contributed by atoms with Crippen molar-refractivity contribution < 1.29 is 4.79 Å². The highest BCUT2D eigenvalue weighted by Crippen LogP contribution is 2.22. The summed E-state index contributed by atoms with van der Waals surface area (Å²) in [6.45, 7) is 11.1. The van der Waals surface area contributed by atoms with E-state index >= 15 is 0 Å². The number of amides is 1. The van der Waals surface area contributed by atoms with E-state index in [1.54, 1.807) is 0 Å². The molecule has 1 heterocycles. The predicted octanol–water partition coefficient (Wildman–Crippen LogP) is 6.04. The van der Waals surface area contributed by atoms with Crippen LogP contribution in [0, 0.1) is 0 Å². The van der Waals surface area contributed by atoms with Crippen LogP contribution < -0.4 is 5.32 Å². The minimum atomic E-state index is -0.101. The van der Waals surface area contributed by atoms with Gasteiger partial charge in [0.25, 0.3) is 5.91 Å². The van der Waals surface area contributed by atoms with E-state index in [2.05, 4.69) is 41.1 Å². The van der Waals surface area contributed by atoms with Crippen LogP contribution in [0.5, 0.6) is 0 Å². The molecule has 3 aromatic rings. The average Bonchev–Trinajstić information content (AvgIpc) is 2.81. The Bertz CT molecular complexity index is 977. The number of hydrogen-bond donors (Lipinski definition) is 1. The molecule has 0 atom stereocenters. The highest BCUT2D eigenvalue weighted by Gasteiger charge is 2.16. The minimum Gasteiger partial charge on any atom is -0.322 e. The van der Waals surface area contributed by atoms with Crippen LogP contribution in [0.1, 0.15) is 40.9 Å². The topological polar surface area (TPSA) is 32.3 Å². The lowest BCUT2D eigenvalue weighted by molar-refractivity contribution is 0.102. The third kappa shape index (κ3) is 5.46. The number of para-hydroxylation sites is 1. The zero-order chi connectivity index (χ0) is 21.3. The Morgan fingerprint density at radius 1 is 0.867 bits per heavy atom. The van der Waals surface area contributed by atoms with Gasteiger partial charge in [-0.1, -0.05) is 75.0 Å². The maximum atomic E-state index is 12.4. The number of benzene rings is 3. The van der Waals surface area contributed by atoms with E-state index in [1.165, 1.54) is 11.1 Å². The van der Waals surface area contributed by atoms with Crippen LogP contribution >= 0.6 is 0 Å². The normalized spacial score (nSPS) is 12.9. The molecular weight excluding hydrogens is 368 g/mol. The minimum absolute atomic E-state index is 0.101. The maximum absolute atomic E-state index is 12.4. The van der Waals surface area contributed by atoms with Crippen LogP contribution in [-0.2, 0) is 13.0 Å². The van der Waals surface area contributed by atoms with Crippen molar-refractivity contribution in [1.82, 2.24) is 4.90 Å². The van der Waals surface area contributed by atoms with Gasteiger partial charge in [0.05, 0.1) is 0 Å². The SMILES string of the molecule is C=C(CN1CCc2ccccc2C1)c1ccc(C(=O)Nc2ccccc2)cc1.CC. The summed E-state index contributed by atoms with van der Waals surface area (Å²) in [5, 5.41) is 2.91. The molecule has 0 spiro atoms. The summed E-state index contributed by atoms with van der Waals surface area (Å²) < 4.78 is 0. The number of hydrogen-bond acceptors (Lipinski definition) is 2. The van der Waals surface area contributed by atoms with Gasteiger partial charge in [-0.3, -0.25) is 9.69 Å². The van der Waals surface area contributed by atoms with E-state index in [0.29, 0.717) is 5.56 Å². The lowest BCUT2D eigenvalue weighted by Crippen LogP contribution is -2.31. The Morgan fingerprint density at radius 3 is 2.17 bits per heavy atom. The van der Waals surface area contributed by atoms with Gasteiger partial charge >= 0.3 is 0 Å². The highest BCUT2D eigenvalue weighted by molar-refractivity contribution is 6.04. The molecule has 0 saturated heterocycles. The molecule has 30 heavy (non-hydrogen) atoms. The lowest BCUT2D eigenvalue weighted by atomic mass is 9.98. The largest absolute Gasteiger partial charge is 0.322 e. The first-order chi connectivity index (χ1) is 14.7. The number of nitrogens with zero attached hydrogens (tertiary/aromatic N) is 1. The van der Waals surface area contributed by atoms with E-state index in [9.17, 15) is 4.79 Å². The first kappa shape index (κ1) is 21.5.